The number of nitrogens with two attached hydrogens (primary N) is 1. The van der Waals surface area contributed by atoms with Crippen molar-refractivity contribution in [1.29, 1.82) is 0 Å². The molecule has 1 atom stereocenters. The van der Waals surface area contributed by atoms with E-state index in [9.17, 15) is 9.59 Å². The average molecular weight is 356 g/mol. The minimum Gasteiger partial charge on any atom is -0.365 e. The molecule has 0 fully saturated rings. The number of hydrogen-bond acceptors (Lipinski definition) is 3. The lowest BCUT2D eigenvalue weighted by Crippen LogP contribution is -2.20. The SMILES string of the molecule is CCc1ccc(CC(=O)Nc2sc3c(c2C(N)=O)CCC(C)C3)cc1. The Balaban J connectivity index is 1.77. The van der Waals surface area contributed by atoms with Crippen LogP contribution in [0.3, 0.4) is 0 Å². The van der Waals surface area contributed by atoms with Gasteiger partial charge in [0.05, 0.1) is 12.0 Å². The zero-order valence-corrected chi connectivity index (χ0v) is 15.5. The summed E-state index contributed by atoms with van der Waals surface area (Å²) in [6.07, 6.45) is 4.14. The largest absolute Gasteiger partial charge is 0.365 e. The van der Waals surface area contributed by atoms with Gasteiger partial charge in [-0.05, 0) is 48.3 Å². The van der Waals surface area contributed by atoms with Crippen molar-refractivity contribution >= 4 is 28.2 Å². The highest BCUT2D eigenvalue weighted by Crippen LogP contribution is 2.39. The molecule has 132 valence electrons. The third-order valence-corrected chi connectivity index (χ3v) is 5.98. The molecule has 4 nitrogen and oxygen atoms in total. The molecule has 2 amide bonds. The predicted molar refractivity (Wildman–Crippen MR) is 102 cm³/mol. The summed E-state index contributed by atoms with van der Waals surface area (Å²) in [5.41, 5.74) is 9.36. The lowest BCUT2D eigenvalue weighted by molar-refractivity contribution is -0.115. The second-order valence-electron chi connectivity index (χ2n) is 6.82. The van der Waals surface area contributed by atoms with Crippen molar-refractivity contribution in [3.05, 3.63) is 51.4 Å². The van der Waals surface area contributed by atoms with Crippen molar-refractivity contribution in [1.82, 2.24) is 0 Å². The number of carbonyl (C=O) groups is 2. The first kappa shape index (κ1) is 17.7. The second kappa shape index (κ2) is 7.40. The number of fused-ring (bicyclic) bond motifs is 1. The smallest absolute Gasteiger partial charge is 0.251 e. The lowest BCUT2D eigenvalue weighted by Gasteiger charge is -2.18. The Labute approximate surface area is 152 Å². The summed E-state index contributed by atoms with van der Waals surface area (Å²) in [5, 5.41) is 3.53. The van der Waals surface area contributed by atoms with Gasteiger partial charge >= 0.3 is 0 Å². The highest BCUT2D eigenvalue weighted by Gasteiger charge is 2.27. The highest BCUT2D eigenvalue weighted by atomic mass is 32.1. The normalized spacial score (nSPS) is 16.3. The first-order chi connectivity index (χ1) is 12.0. The lowest BCUT2D eigenvalue weighted by atomic mass is 9.88. The fourth-order valence-corrected chi connectivity index (χ4v) is 4.78. The standard InChI is InChI=1S/C20H24N2O2S/c1-3-13-5-7-14(8-6-13)11-17(23)22-20-18(19(21)24)15-9-4-12(2)10-16(15)25-20/h5-8,12H,3-4,9-11H2,1-2H3,(H2,21,24)(H,22,23). The molecule has 1 aliphatic carbocycles. The molecule has 0 radical (unpaired) electrons. The van der Waals surface area contributed by atoms with E-state index in [-0.39, 0.29) is 5.91 Å². The first-order valence-electron chi connectivity index (χ1n) is 8.80. The molecule has 0 spiro atoms. The zero-order valence-electron chi connectivity index (χ0n) is 14.7. The van der Waals surface area contributed by atoms with Crippen LogP contribution in [-0.4, -0.2) is 11.8 Å². The van der Waals surface area contributed by atoms with Crippen molar-refractivity contribution in [3.8, 4) is 0 Å². The van der Waals surface area contributed by atoms with Crippen molar-refractivity contribution < 1.29 is 9.59 Å². The Bertz CT molecular complexity index is 793. The molecule has 0 saturated carbocycles. The van der Waals surface area contributed by atoms with Crippen molar-refractivity contribution in [2.75, 3.05) is 5.32 Å². The van der Waals surface area contributed by atoms with E-state index < -0.39 is 5.91 Å². The number of anilines is 1. The van der Waals surface area contributed by atoms with Gasteiger partial charge in [0.1, 0.15) is 5.00 Å². The quantitative estimate of drug-likeness (QED) is 0.857. The molecule has 0 aliphatic heterocycles. The number of thiophene rings is 1. The molecule has 1 unspecified atom stereocenters. The Morgan fingerprint density at radius 2 is 1.92 bits per heavy atom. The molecule has 1 aromatic heterocycles. The van der Waals surface area contributed by atoms with E-state index in [4.69, 9.17) is 5.73 Å². The maximum atomic E-state index is 12.4. The van der Waals surface area contributed by atoms with Crippen LogP contribution in [0.5, 0.6) is 0 Å². The topological polar surface area (TPSA) is 72.2 Å². The highest BCUT2D eigenvalue weighted by molar-refractivity contribution is 7.17. The van der Waals surface area contributed by atoms with Crippen LogP contribution in [0, 0.1) is 5.92 Å². The van der Waals surface area contributed by atoms with E-state index in [0.29, 0.717) is 22.9 Å². The van der Waals surface area contributed by atoms with Crippen molar-refractivity contribution in [2.45, 2.75) is 46.0 Å². The summed E-state index contributed by atoms with van der Waals surface area (Å²) >= 11 is 1.51. The summed E-state index contributed by atoms with van der Waals surface area (Å²) < 4.78 is 0. The van der Waals surface area contributed by atoms with E-state index >= 15 is 0 Å². The minimum absolute atomic E-state index is 0.113. The van der Waals surface area contributed by atoms with Crippen LogP contribution in [0.25, 0.3) is 0 Å². The van der Waals surface area contributed by atoms with Gasteiger partial charge in [-0.3, -0.25) is 9.59 Å². The Kier molecular flexibility index (Phi) is 5.23. The van der Waals surface area contributed by atoms with Crippen LogP contribution in [0.1, 0.15) is 52.2 Å². The summed E-state index contributed by atoms with van der Waals surface area (Å²) in [5.74, 6) is 0.0422. The summed E-state index contributed by atoms with van der Waals surface area (Å²) in [7, 11) is 0. The maximum Gasteiger partial charge on any atom is 0.251 e. The molecule has 1 aliphatic rings. The van der Waals surface area contributed by atoms with Gasteiger partial charge < -0.3 is 11.1 Å². The monoisotopic (exact) mass is 356 g/mol. The fraction of sp³-hybridized carbons (Fsp3) is 0.400. The van der Waals surface area contributed by atoms with Crippen LogP contribution < -0.4 is 11.1 Å². The van der Waals surface area contributed by atoms with Gasteiger partial charge in [0.2, 0.25) is 5.91 Å². The van der Waals surface area contributed by atoms with Crippen LogP contribution >= 0.6 is 11.3 Å². The van der Waals surface area contributed by atoms with Crippen LogP contribution in [0.4, 0.5) is 5.00 Å². The van der Waals surface area contributed by atoms with E-state index in [1.807, 2.05) is 24.3 Å². The van der Waals surface area contributed by atoms with Gasteiger partial charge in [-0.1, -0.05) is 38.1 Å². The Hall–Kier alpha value is -2.14. The van der Waals surface area contributed by atoms with E-state index in [1.54, 1.807) is 0 Å². The number of rotatable bonds is 5. The second-order valence-corrected chi connectivity index (χ2v) is 7.92. The van der Waals surface area contributed by atoms with Crippen LogP contribution in [0.15, 0.2) is 24.3 Å². The number of primary amides is 1. The molecule has 1 heterocycles. The molecule has 2 aromatic rings. The zero-order chi connectivity index (χ0) is 18.0. The van der Waals surface area contributed by atoms with Gasteiger partial charge in [0, 0.05) is 4.88 Å². The third kappa shape index (κ3) is 3.93. The molecule has 3 rings (SSSR count). The Morgan fingerprint density at radius 1 is 1.24 bits per heavy atom. The van der Waals surface area contributed by atoms with E-state index in [2.05, 4.69) is 19.2 Å². The van der Waals surface area contributed by atoms with Gasteiger partial charge in [0.15, 0.2) is 0 Å². The molecule has 3 N–H and O–H groups in total. The molecular weight excluding hydrogens is 332 g/mol. The van der Waals surface area contributed by atoms with Crippen LogP contribution in [-0.2, 0) is 30.5 Å². The number of aryl methyl sites for hydroxylation is 1. The molecule has 5 heteroatoms. The third-order valence-electron chi connectivity index (χ3n) is 4.81. The van der Waals surface area contributed by atoms with E-state index in [0.717, 1.165) is 36.8 Å². The average Bonchev–Trinajstić information content (AvgIpc) is 2.92. The first-order valence-corrected chi connectivity index (χ1v) is 9.61. The van der Waals surface area contributed by atoms with Crippen molar-refractivity contribution in [3.63, 3.8) is 0 Å². The molecule has 1 aromatic carbocycles. The van der Waals surface area contributed by atoms with Gasteiger partial charge in [-0.15, -0.1) is 11.3 Å². The Morgan fingerprint density at radius 3 is 2.56 bits per heavy atom. The number of amides is 2. The van der Waals surface area contributed by atoms with Crippen LogP contribution in [0.2, 0.25) is 0 Å². The maximum absolute atomic E-state index is 12.4. The number of carbonyl (C=O) groups excluding carboxylic acids is 2. The summed E-state index contributed by atoms with van der Waals surface area (Å²) in [6, 6.07) is 8.05. The number of benzene rings is 1. The van der Waals surface area contributed by atoms with Crippen molar-refractivity contribution in [2.24, 2.45) is 11.7 Å². The minimum atomic E-state index is -0.449. The molecule has 0 bridgehead atoms. The van der Waals surface area contributed by atoms with Gasteiger partial charge in [-0.2, -0.15) is 0 Å². The fourth-order valence-electron chi connectivity index (χ4n) is 3.35. The summed E-state index contributed by atoms with van der Waals surface area (Å²) in [4.78, 5) is 25.5. The number of nitrogens with one attached hydrogen (secondary N) is 1. The number of hydrogen-bond donors (Lipinski definition) is 2. The molecule has 0 saturated heterocycles. The van der Waals surface area contributed by atoms with Gasteiger partial charge in [0.25, 0.3) is 5.91 Å². The predicted octanol–water partition coefficient (Wildman–Crippen LogP) is 3.72. The molecular formula is C20H24N2O2S. The van der Waals surface area contributed by atoms with E-state index in [1.165, 1.54) is 21.8 Å². The summed E-state index contributed by atoms with van der Waals surface area (Å²) in [6.45, 7) is 4.32. The molecule has 25 heavy (non-hydrogen) atoms. The van der Waals surface area contributed by atoms with Gasteiger partial charge in [-0.25, -0.2) is 0 Å².